The smallest absolute Gasteiger partial charge is 0.279 e. The van der Waals surface area contributed by atoms with Gasteiger partial charge in [-0.2, -0.15) is 0 Å². The van der Waals surface area contributed by atoms with Crippen molar-refractivity contribution in [2.24, 2.45) is 11.3 Å². The standard InChI is InChI=1S/C13H20O3/c1-10-3-5-11(6-4-10)13-7-14-12(2,15-8-13)16-9-13/h5,10H,3-4,6-9H2,1-2H3. The molecule has 0 aromatic heterocycles. The van der Waals surface area contributed by atoms with Gasteiger partial charge in [-0.3, -0.25) is 0 Å². The number of ether oxygens (including phenoxy) is 3. The van der Waals surface area contributed by atoms with Gasteiger partial charge >= 0.3 is 0 Å². The predicted molar refractivity (Wildman–Crippen MR) is 59.8 cm³/mol. The van der Waals surface area contributed by atoms with Gasteiger partial charge in [0.25, 0.3) is 5.97 Å². The first-order chi connectivity index (χ1) is 7.62. The second-order valence-corrected chi connectivity index (χ2v) is 5.62. The van der Waals surface area contributed by atoms with Crippen LogP contribution in [0.15, 0.2) is 11.6 Å². The van der Waals surface area contributed by atoms with Crippen LogP contribution in [-0.2, 0) is 14.2 Å². The maximum Gasteiger partial charge on any atom is 0.279 e. The molecule has 4 rings (SSSR count). The lowest BCUT2D eigenvalue weighted by molar-refractivity contribution is -0.454. The molecule has 3 fully saturated rings. The Morgan fingerprint density at radius 2 is 1.81 bits per heavy atom. The fraction of sp³-hybridized carbons (Fsp3) is 0.846. The number of rotatable bonds is 1. The van der Waals surface area contributed by atoms with Crippen molar-refractivity contribution in [1.29, 1.82) is 0 Å². The van der Waals surface area contributed by atoms with Crippen LogP contribution in [0.5, 0.6) is 0 Å². The van der Waals surface area contributed by atoms with Crippen LogP contribution in [0.25, 0.3) is 0 Å². The molecule has 1 atom stereocenters. The summed E-state index contributed by atoms with van der Waals surface area (Å²) in [7, 11) is 0. The van der Waals surface area contributed by atoms with Crippen molar-refractivity contribution in [3.8, 4) is 0 Å². The van der Waals surface area contributed by atoms with E-state index < -0.39 is 5.97 Å². The largest absolute Gasteiger partial charge is 0.327 e. The van der Waals surface area contributed by atoms with Crippen LogP contribution in [0.2, 0.25) is 0 Å². The maximum absolute atomic E-state index is 5.66. The normalized spacial score (nSPS) is 47.9. The average molecular weight is 224 g/mol. The van der Waals surface area contributed by atoms with Gasteiger partial charge in [0.1, 0.15) is 0 Å². The van der Waals surface area contributed by atoms with Crippen LogP contribution in [-0.4, -0.2) is 25.8 Å². The van der Waals surface area contributed by atoms with E-state index in [0.29, 0.717) is 0 Å². The highest BCUT2D eigenvalue weighted by Crippen LogP contribution is 2.45. The molecule has 3 heteroatoms. The third-order valence-corrected chi connectivity index (χ3v) is 4.19. The number of fused-ring (bicyclic) bond motifs is 3. The highest BCUT2D eigenvalue weighted by molar-refractivity contribution is 5.20. The van der Waals surface area contributed by atoms with Gasteiger partial charge in [0.2, 0.25) is 0 Å². The third-order valence-electron chi connectivity index (χ3n) is 4.19. The minimum atomic E-state index is -0.774. The van der Waals surface area contributed by atoms with Crippen LogP contribution in [0.1, 0.15) is 33.1 Å². The molecule has 1 unspecified atom stereocenters. The first-order valence-corrected chi connectivity index (χ1v) is 6.23. The molecule has 0 aromatic carbocycles. The molecule has 0 spiro atoms. The van der Waals surface area contributed by atoms with Crippen molar-refractivity contribution in [1.82, 2.24) is 0 Å². The first kappa shape index (κ1) is 10.8. The summed E-state index contributed by atoms with van der Waals surface area (Å²) in [6, 6.07) is 0. The Bertz CT molecular complexity index is 297. The lowest BCUT2D eigenvalue weighted by Crippen LogP contribution is -2.59. The fourth-order valence-electron chi connectivity index (χ4n) is 2.78. The Kier molecular flexibility index (Phi) is 2.39. The summed E-state index contributed by atoms with van der Waals surface area (Å²) in [6.45, 7) is 6.43. The Hall–Kier alpha value is -0.380. The van der Waals surface area contributed by atoms with Crippen LogP contribution >= 0.6 is 0 Å². The van der Waals surface area contributed by atoms with Crippen LogP contribution in [0.4, 0.5) is 0 Å². The minimum absolute atomic E-state index is 0.0118. The van der Waals surface area contributed by atoms with E-state index in [2.05, 4.69) is 13.0 Å². The van der Waals surface area contributed by atoms with E-state index in [0.717, 1.165) is 25.7 Å². The first-order valence-electron chi connectivity index (χ1n) is 6.23. The lowest BCUT2D eigenvalue weighted by atomic mass is 9.74. The van der Waals surface area contributed by atoms with Crippen LogP contribution in [0.3, 0.4) is 0 Å². The SMILES string of the molecule is CC1CC=C(C23COC(C)(OC2)OC3)CC1. The minimum Gasteiger partial charge on any atom is -0.327 e. The molecule has 3 aliphatic heterocycles. The van der Waals surface area contributed by atoms with Gasteiger partial charge in [-0.05, 0) is 25.2 Å². The molecule has 0 N–H and O–H groups in total. The molecule has 3 nitrogen and oxygen atoms in total. The fourth-order valence-corrected chi connectivity index (χ4v) is 2.78. The molecular formula is C13H20O3. The van der Waals surface area contributed by atoms with E-state index in [4.69, 9.17) is 14.2 Å². The van der Waals surface area contributed by atoms with Gasteiger partial charge in [-0.15, -0.1) is 0 Å². The quantitative estimate of drug-likeness (QED) is 0.640. The van der Waals surface area contributed by atoms with Crippen LogP contribution < -0.4 is 0 Å². The zero-order valence-electron chi connectivity index (χ0n) is 10.1. The molecule has 16 heavy (non-hydrogen) atoms. The van der Waals surface area contributed by atoms with Crippen molar-refractivity contribution in [2.75, 3.05) is 19.8 Å². The van der Waals surface area contributed by atoms with E-state index >= 15 is 0 Å². The molecule has 90 valence electrons. The topological polar surface area (TPSA) is 27.7 Å². The third kappa shape index (κ3) is 1.62. The van der Waals surface area contributed by atoms with Gasteiger partial charge in [0.15, 0.2) is 0 Å². The lowest BCUT2D eigenvalue weighted by Gasteiger charge is -2.52. The van der Waals surface area contributed by atoms with Crippen molar-refractivity contribution in [2.45, 2.75) is 39.1 Å². The molecule has 3 saturated heterocycles. The summed E-state index contributed by atoms with van der Waals surface area (Å²) in [5.41, 5.74) is 1.50. The Morgan fingerprint density at radius 3 is 2.31 bits per heavy atom. The van der Waals surface area contributed by atoms with E-state index in [-0.39, 0.29) is 5.41 Å². The number of allylic oxidation sites excluding steroid dienone is 1. The number of hydrogen-bond acceptors (Lipinski definition) is 3. The zero-order chi connectivity index (χ0) is 11.2. The van der Waals surface area contributed by atoms with Crippen LogP contribution in [0, 0.1) is 11.3 Å². The van der Waals surface area contributed by atoms with Crippen molar-refractivity contribution >= 4 is 0 Å². The molecule has 1 aliphatic carbocycles. The predicted octanol–water partition coefficient (Wildman–Crippen LogP) is 2.47. The summed E-state index contributed by atoms with van der Waals surface area (Å²) in [4.78, 5) is 0. The van der Waals surface area contributed by atoms with Gasteiger partial charge in [0.05, 0.1) is 25.2 Å². The molecule has 3 heterocycles. The molecule has 0 radical (unpaired) electrons. The van der Waals surface area contributed by atoms with Crippen molar-refractivity contribution in [3.05, 3.63) is 11.6 Å². The average Bonchev–Trinajstić information content (AvgIpc) is 2.31. The second-order valence-electron chi connectivity index (χ2n) is 5.62. The van der Waals surface area contributed by atoms with Gasteiger partial charge < -0.3 is 14.2 Å². The molecule has 2 bridgehead atoms. The summed E-state index contributed by atoms with van der Waals surface area (Å²) in [6.07, 6.45) is 6.03. The Balaban J connectivity index is 1.80. The molecule has 0 aromatic rings. The van der Waals surface area contributed by atoms with Crippen molar-refractivity contribution in [3.63, 3.8) is 0 Å². The maximum atomic E-state index is 5.66. The Morgan fingerprint density at radius 1 is 1.19 bits per heavy atom. The summed E-state index contributed by atoms with van der Waals surface area (Å²) < 4.78 is 17.0. The zero-order valence-corrected chi connectivity index (χ0v) is 10.1. The second kappa shape index (κ2) is 3.56. The molecule has 0 saturated carbocycles. The van der Waals surface area contributed by atoms with Gasteiger partial charge in [0, 0.05) is 6.92 Å². The summed E-state index contributed by atoms with van der Waals surface area (Å²) in [5, 5.41) is 0. The van der Waals surface area contributed by atoms with Crippen molar-refractivity contribution < 1.29 is 14.2 Å². The van der Waals surface area contributed by atoms with E-state index in [1.807, 2.05) is 6.92 Å². The van der Waals surface area contributed by atoms with E-state index in [1.165, 1.54) is 24.8 Å². The molecule has 0 amide bonds. The summed E-state index contributed by atoms with van der Waals surface area (Å²) >= 11 is 0. The highest BCUT2D eigenvalue weighted by Gasteiger charge is 2.51. The highest BCUT2D eigenvalue weighted by atomic mass is 16.9. The van der Waals surface area contributed by atoms with Gasteiger partial charge in [-0.25, -0.2) is 0 Å². The van der Waals surface area contributed by atoms with E-state index in [9.17, 15) is 0 Å². The molecule has 4 aliphatic rings. The molecular weight excluding hydrogens is 204 g/mol. The monoisotopic (exact) mass is 224 g/mol. The Labute approximate surface area is 96.8 Å². The van der Waals surface area contributed by atoms with E-state index in [1.54, 1.807) is 0 Å². The van der Waals surface area contributed by atoms with Gasteiger partial charge in [-0.1, -0.05) is 18.6 Å². The number of hydrogen-bond donors (Lipinski definition) is 0. The summed E-state index contributed by atoms with van der Waals surface area (Å²) in [5.74, 6) is 0.0462.